The summed E-state index contributed by atoms with van der Waals surface area (Å²) in [5.74, 6) is -6.54. The van der Waals surface area contributed by atoms with E-state index in [1.807, 2.05) is 0 Å². The highest BCUT2D eigenvalue weighted by molar-refractivity contribution is 7.98. The van der Waals surface area contributed by atoms with Gasteiger partial charge in [0.2, 0.25) is 5.91 Å². The van der Waals surface area contributed by atoms with Crippen molar-refractivity contribution in [2.24, 2.45) is 11.7 Å². The SMILES string of the molecule is CSC[C@H]1[C@@H](N)C(=O)ON2C(=O)N(Cc3ccc(S(C)(=O)=O)cc3)C3(CCN(CC3)C(=O)[C@@H](C(C)C)N1C(=O)c1cc(C(F)(F)F)ccc1F)C2=O. The minimum Gasteiger partial charge on any atom is -0.341 e. The molecule has 4 aliphatic heterocycles. The van der Waals surface area contributed by atoms with Crippen LogP contribution in [0, 0.1) is 11.7 Å². The fourth-order valence-corrected chi connectivity index (χ4v) is 8.16. The fourth-order valence-electron chi connectivity index (χ4n) is 6.82. The summed E-state index contributed by atoms with van der Waals surface area (Å²) in [6.07, 6.45) is -2.62. The number of carbonyl (C=O) groups excluding carboxylic acids is 5. The molecule has 19 heteroatoms. The Labute approximate surface area is 301 Å². The second kappa shape index (κ2) is 14.3. The van der Waals surface area contributed by atoms with Crippen LogP contribution in [0.4, 0.5) is 22.4 Å². The number of rotatable bonds is 7. The largest absolute Gasteiger partial charge is 0.416 e. The van der Waals surface area contributed by atoms with Gasteiger partial charge in [-0.3, -0.25) is 14.4 Å². The summed E-state index contributed by atoms with van der Waals surface area (Å²) in [5, 5.41) is 0.275. The molecule has 5 amide bonds. The number of hydrogen-bond donors (Lipinski definition) is 1. The van der Waals surface area contributed by atoms with Crippen LogP contribution in [0.3, 0.4) is 0 Å². The molecule has 3 atom stereocenters. The molecule has 0 unspecified atom stereocenters. The topological polar surface area (TPSA) is 168 Å². The van der Waals surface area contributed by atoms with E-state index in [1.165, 1.54) is 34.1 Å². The molecule has 3 bridgehead atoms. The maximum atomic E-state index is 15.2. The van der Waals surface area contributed by atoms with Gasteiger partial charge in [0.15, 0.2) is 9.84 Å². The summed E-state index contributed by atoms with van der Waals surface area (Å²) in [7, 11) is -3.53. The second-order valence-electron chi connectivity index (χ2n) is 13.3. The molecule has 0 aliphatic carbocycles. The van der Waals surface area contributed by atoms with E-state index in [4.69, 9.17) is 10.6 Å². The number of piperidine rings is 1. The number of fused-ring (bicyclic) bond motifs is 8. The Hall–Kier alpha value is -4.23. The first-order chi connectivity index (χ1) is 24.2. The van der Waals surface area contributed by atoms with Crippen LogP contribution >= 0.6 is 11.8 Å². The Morgan fingerprint density at radius 2 is 1.67 bits per heavy atom. The standard InChI is InChI=1S/C33H37F4N5O8S2/c1-18(2)26-28(44)39-13-11-32(12-14-39)30(46)42(31(47)40(32)16-19-5-8-21(9-6-19)52(4,48)49)50-29(45)25(38)24(17-51-3)41(26)27(43)22-15-20(33(35,36)37)7-10-23(22)34/h5-10,15,18,24-26H,11-14,16-17,38H2,1-4H3/t24-,25+,26+/m0/s1. The maximum Gasteiger partial charge on any atom is 0.416 e. The number of nitrogens with zero attached hydrogens (tertiary/aromatic N) is 4. The van der Waals surface area contributed by atoms with Crippen LogP contribution in [0.15, 0.2) is 47.4 Å². The first-order valence-electron chi connectivity index (χ1n) is 16.1. The number of halogens is 4. The smallest absolute Gasteiger partial charge is 0.341 e. The number of alkyl halides is 3. The maximum absolute atomic E-state index is 15.2. The number of hydroxylamine groups is 2. The van der Waals surface area contributed by atoms with Gasteiger partial charge < -0.3 is 25.3 Å². The summed E-state index contributed by atoms with van der Waals surface area (Å²) >= 11 is 1.06. The molecule has 0 aromatic heterocycles. The average Bonchev–Trinajstić information content (AvgIpc) is 3.25. The van der Waals surface area contributed by atoms with Crippen molar-refractivity contribution in [3.8, 4) is 0 Å². The van der Waals surface area contributed by atoms with Crippen LogP contribution in [0.2, 0.25) is 0 Å². The van der Waals surface area contributed by atoms with Gasteiger partial charge in [-0.25, -0.2) is 22.4 Å². The number of imide groups is 1. The van der Waals surface area contributed by atoms with Crippen LogP contribution < -0.4 is 5.73 Å². The number of amides is 5. The molecule has 2 aromatic rings. The highest BCUT2D eigenvalue weighted by Crippen LogP contribution is 2.40. The lowest BCUT2D eigenvalue weighted by Gasteiger charge is -2.45. The lowest BCUT2D eigenvalue weighted by molar-refractivity contribution is -0.186. The Morgan fingerprint density at radius 3 is 2.21 bits per heavy atom. The van der Waals surface area contributed by atoms with Gasteiger partial charge >= 0.3 is 18.2 Å². The third-order valence-electron chi connectivity index (χ3n) is 9.60. The van der Waals surface area contributed by atoms with Crippen molar-refractivity contribution < 1.29 is 54.8 Å². The lowest BCUT2D eigenvalue weighted by Crippen LogP contribution is -2.64. The summed E-state index contributed by atoms with van der Waals surface area (Å²) < 4.78 is 80.3. The Morgan fingerprint density at radius 1 is 1.06 bits per heavy atom. The molecule has 0 radical (unpaired) electrons. The van der Waals surface area contributed by atoms with Crippen molar-refractivity contribution in [2.45, 2.75) is 68.0 Å². The molecule has 0 saturated carbocycles. The molecule has 2 aromatic carbocycles. The fraction of sp³-hybridized carbons (Fsp3) is 0.485. The molecule has 4 heterocycles. The van der Waals surface area contributed by atoms with Crippen LogP contribution in [0.25, 0.3) is 0 Å². The molecule has 13 nitrogen and oxygen atoms in total. The zero-order chi connectivity index (χ0) is 38.5. The summed E-state index contributed by atoms with van der Waals surface area (Å²) in [6, 6.07) is 1.03. The molecule has 2 N–H and O–H groups in total. The first-order valence-corrected chi connectivity index (χ1v) is 19.4. The molecule has 282 valence electrons. The second-order valence-corrected chi connectivity index (χ2v) is 16.2. The van der Waals surface area contributed by atoms with E-state index < -0.39 is 92.3 Å². The zero-order valence-corrected chi connectivity index (χ0v) is 30.2. The van der Waals surface area contributed by atoms with E-state index in [-0.39, 0.29) is 48.2 Å². The molecule has 4 aliphatic rings. The van der Waals surface area contributed by atoms with E-state index in [9.17, 15) is 45.6 Å². The van der Waals surface area contributed by atoms with Crippen LogP contribution in [-0.4, -0.2) is 113 Å². The van der Waals surface area contributed by atoms with Gasteiger partial charge in [0.05, 0.1) is 22.1 Å². The molecule has 4 saturated heterocycles. The van der Waals surface area contributed by atoms with Crippen molar-refractivity contribution in [3.05, 3.63) is 65.0 Å². The minimum absolute atomic E-state index is 0.0310. The average molecular weight is 772 g/mol. The lowest BCUT2D eigenvalue weighted by atomic mass is 9.85. The number of hydrogen-bond acceptors (Lipinski definition) is 10. The predicted molar refractivity (Wildman–Crippen MR) is 178 cm³/mol. The quantitative estimate of drug-likeness (QED) is 0.327. The van der Waals surface area contributed by atoms with Gasteiger partial charge in [0, 0.05) is 31.6 Å². The predicted octanol–water partition coefficient (Wildman–Crippen LogP) is 3.07. The molecule has 52 heavy (non-hydrogen) atoms. The number of sulfone groups is 1. The third kappa shape index (κ3) is 7.09. The van der Waals surface area contributed by atoms with Crippen LogP contribution in [0.5, 0.6) is 0 Å². The normalized spacial score (nSPS) is 24.6. The van der Waals surface area contributed by atoms with Crippen molar-refractivity contribution in [2.75, 3.05) is 31.4 Å². The van der Waals surface area contributed by atoms with E-state index in [1.54, 1.807) is 20.1 Å². The van der Waals surface area contributed by atoms with E-state index in [0.29, 0.717) is 23.8 Å². The number of thioether (sulfide) groups is 1. The third-order valence-corrected chi connectivity index (χ3v) is 11.4. The zero-order valence-electron chi connectivity index (χ0n) is 28.6. The van der Waals surface area contributed by atoms with Gasteiger partial charge in [-0.1, -0.05) is 31.0 Å². The minimum atomic E-state index is -4.95. The Bertz CT molecular complexity index is 1880. The Balaban J connectivity index is 1.60. The highest BCUT2D eigenvalue weighted by Gasteiger charge is 2.61. The van der Waals surface area contributed by atoms with Gasteiger partial charge in [-0.15, -0.1) is 0 Å². The van der Waals surface area contributed by atoms with Gasteiger partial charge in [0.25, 0.3) is 11.8 Å². The molecular weight excluding hydrogens is 735 g/mol. The number of carbonyl (C=O) groups is 5. The van der Waals surface area contributed by atoms with Crippen molar-refractivity contribution >= 4 is 51.3 Å². The van der Waals surface area contributed by atoms with E-state index >= 15 is 4.39 Å². The van der Waals surface area contributed by atoms with E-state index in [0.717, 1.165) is 22.9 Å². The van der Waals surface area contributed by atoms with Crippen molar-refractivity contribution in [3.63, 3.8) is 0 Å². The Kier molecular flexibility index (Phi) is 10.7. The van der Waals surface area contributed by atoms with Crippen LogP contribution in [-0.2, 0) is 41.8 Å². The molecular formula is C33H37F4N5O8S2. The van der Waals surface area contributed by atoms with Crippen molar-refractivity contribution in [1.29, 1.82) is 0 Å². The number of benzene rings is 2. The van der Waals surface area contributed by atoms with Gasteiger partial charge in [0.1, 0.15) is 23.4 Å². The van der Waals surface area contributed by atoms with Crippen LogP contribution in [0.1, 0.15) is 48.2 Å². The monoisotopic (exact) mass is 771 g/mol. The molecule has 6 rings (SSSR count). The first kappa shape index (κ1) is 39.0. The number of urea groups is 1. The van der Waals surface area contributed by atoms with Gasteiger partial charge in [-0.2, -0.15) is 24.9 Å². The highest BCUT2D eigenvalue weighted by atomic mass is 32.2. The van der Waals surface area contributed by atoms with E-state index in [2.05, 4.69) is 0 Å². The summed E-state index contributed by atoms with van der Waals surface area (Å²) in [5.41, 5.74) is 2.92. The number of nitrogens with two attached hydrogens (primary N) is 1. The molecule has 4 fully saturated rings. The summed E-state index contributed by atoms with van der Waals surface area (Å²) in [6.45, 7) is 2.68. The molecule has 1 spiro atoms. The van der Waals surface area contributed by atoms with Gasteiger partial charge in [-0.05, 0) is 60.9 Å². The summed E-state index contributed by atoms with van der Waals surface area (Å²) in [4.78, 5) is 79.2. The van der Waals surface area contributed by atoms with Crippen molar-refractivity contribution in [1.82, 2.24) is 19.8 Å².